The van der Waals surface area contributed by atoms with Gasteiger partial charge in [-0.3, -0.25) is 5.10 Å². The zero-order valence-electron chi connectivity index (χ0n) is 14.6. The lowest BCUT2D eigenvalue weighted by Gasteiger charge is -2.30. The molecule has 5 rings (SSSR count). The number of fused-ring (bicyclic) bond motifs is 1. The van der Waals surface area contributed by atoms with Gasteiger partial charge < -0.3 is 21.4 Å². The van der Waals surface area contributed by atoms with Crippen molar-refractivity contribution in [3.63, 3.8) is 0 Å². The van der Waals surface area contributed by atoms with Gasteiger partial charge in [0.15, 0.2) is 11.6 Å². The first kappa shape index (κ1) is 16.1. The molecule has 1 aromatic carbocycles. The minimum Gasteiger partial charge on any atom is -0.359 e. The number of benzene rings is 1. The van der Waals surface area contributed by atoms with Crippen molar-refractivity contribution in [3.8, 4) is 0 Å². The van der Waals surface area contributed by atoms with E-state index in [-0.39, 0.29) is 5.82 Å². The van der Waals surface area contributed by atoms with Crippen LogP contribution in [-0.4, -0.2) is 21.1 Å². The van der Waals surface area contributed by atoms with Crippen LogP contribution in [0.25, 0.3) is 10.9 Å². The molecule has 0 spiro atoms. The van der Waals surface area contributed by atoms with Gasteiger partial charge in [-0.1, -0.05) is 6.07 Å². The van der Waals surface area contributed by atoms with Crippen LogP contribution in [0.2, 0.25) is 0 Å². The third kappa shape index (κ3) is 2.87. The van der Waals surface area contributed by atoms with Crippen LogP contribution in [0.3, 0.4) is 0 Å². The number of aliphatic imine (C=N–C) groups is 1. The second-order valence-corrected chi connectivity index (χ2v) is 7.09. The van der Waals surface area contributed by atoms with E-state index in [2.05, 4.69) is 30.8 Å². The highest BCUT2D eigenvalue weighted by Crippen LogP contribution is 2.39. The molecule has 1 saturated carbocycles. The highest BCUT2D eigenvalue weighted by molar-refractivity contribution is 5.85. The second-order valence-electron chi connectivity index (χ2n) is 7.09. The molecule has 1 atom stereocenters. The fourth-order valence-electron chi connectivity index (χ4n) is 3.40. The molecule has 0 bridgehead atoms. The number of aromatic amines is 2. The summed E-state index contributed by atoms with van der Waals surface area (Å²) in [5.74, 6) is 0.856. The van der Waals surface area contributed by atoms with E-state index in [0.717, 1.165) is 22.3 Å². The molecular weight excluding hydrogens is 345 g/mol. The summed E-state index contributed by atoms with van der Waals surface area (Å²) in [5, 5.41) is 14.6. The molecule has 2 aliphatic rings. The predicted molar refractivity (Wildman–Crippen MR) is 101 cm³/mol. The Morgan fingerprint density at radius 3 is 3.04 bits per heavy atom. The maximum atomic E-state index is 13.8. The molecule has 6 N–H and O–H groups in total. The Labute approximate surface area is 154 Å². The number of nitrogens with two attached hydrogens (primary N) is 1. The van der Waals surface area contributed by atoms with Crippen LogP contribution < -0.4 is 16.4 Å². The average Bonchev–Trinajstić information content (AvgIpc) is 3.18. The molecule has 138 valence electrons. The third-order valence-corrected chi connectivity index (χ3v) is 5.10. The quantitative estimate of drug-likeness (QED) is 0.489. The molecule has 27 heavy (non-hydrogen) atoms. The van der Waals surface area contributed by atoms with E-state index < -0.39 is 5.66 Å². The number of hydrogen-bond donors (Lipinski definition) is 5. The number of nitrogens with zero attached hydrogens (tertiary/aromatic N) is 2. The van der Waals surface area contributed by atoms with Gasteiger partial charge in [-0.25, -0.2) is 9.38 Å². The lowest BCUT2D eigenvalue weighted by atomic mass is 10.1. The van der Waals surface area contributed by atoms with Crippen molar-refractivity contribution in [1.82, 2.24) is 25.8 Å². The maximum absolute atomic E-state index is 13.8. The van der Waals surface area contributed by atoms with Crippen molar-refractivity contribution in [2.75, 3.05) is 0 Å². The monoisotopic (exact) mass is 365 g/mol. The molecule has 1 unspecified atom stereocenters. The van der Waals surface area contributed by atoms with Gasteiger partial charge in [0, 0.05) is 29.4 Å². The topological polar surface area (TPSA) is 107 Å². The SMILES string of the molecule is NC1(c2cc(C3CC3)[nH]n2)C=CNC(=NCc2ccc(F)c3[nH]ccc23)N1. The van der Waals surface area contributed by atoms with Crippen molar-refractivity contribution in [2.45, 2.75) is 31.0 Å². The van der Waals surface area contributed by atoms with Crippen molar-refractivity contribution in [2.24, 2.45) is 10.7 Å². The Balaban J connectivity index is 1.38. The van der Waals surface area contributed by atoms with Gasteiger partial charge in [0.2, 0.25) is 0 Å². The summed E-state index contributed by atoms with van der Waals surface area (Å²) >= 11 is 0. The van der Waals surface area contributed by atoms with Gasteiger partial charge in [0.05, 0.1) is 12.1 Å². The molecule has 1 aliphatic heterocycles. The first-order valence-electron chi connectivity index (χ1n) is 8.98. The van der Waals surface area contributed by atoms with Gasteiger partial charge in [0.1, 0.15) is 11.5 Å². The molecule has 0 saturated heterocycles. The summed E-state index contributed by atoms with van der Waals surface area (Å²) in [4.78, 5) is 7.50. The van der Waals surface area contributed by atoms with Gasteiger partial charge in [-0.05, 0) is 42.7 Å². The zero-order valence-corrected chi connectivity index (χ0v) is 14.6. The summed E-state index contributed by atoms with van der Waals surface area (Å²) in [5.41, 5.74) is 8.86. The van der Waals surface area contributed by atoms with Crippen molar-refractivity contribution in [1.29, 1.82) is 0 Å². The van der Waals surface area contributed by atoms with E-state index in [9.17, 15) is 4.39 Å². The lowest BCUT2D eigenvalue weighted by Crippen LogP contribution is -2.57. The molecule has 8 heteroatoms. The van der Waals surface area contributed by atoms with Crippen LogP contribution in [0.1, 0.15) is 35.7 Å². The van der Waals surface area contributed by atoms with Crippen LogP contribution in [0, 0.1) is 5.82 Å². The fourth-order valence-corrected chi connectivity index (χ4v) is 3.40. The molecule has 0 amide bonds. The summed E-state index contributed by atoms with van der Waals surface area (Å²) in [6.45, 7) is 0.391. The highest BCUT2D eigenvalue weighted by atomic mass is 19.1. The maximum Gasteiger partial charge on any atom is 0.197 e. The number of hydrogen-bond acceptors (Lipinski definition) is 3. The predicted octanol–water partition coefficient (Wildman–Crippen LogP) is 2.28. The molecule has 2 aromatic heterocycles. The van der Waals surface area contributed by atoms with Gasteiger partial charge in [-0.15, -0.1) is 0 Å². The Hall–Kier alpha value is -3.13. The molecule has 3 heterocycles. The second kappa shape index (κ2) is 5.95. The van der Waals surface area contributed by atoms with Crippen LogP contribution in [0.15, 0.2) is 47.7 Å². The molecule has 7 nitrogen and oxygen atoms in total. The van der Waals surface area contributed by atoms with Gasteiger partial charge >= 0.3 is 0 Å². The third-order valence-electron chi connectivity index (χ3n) is 5.10. The summed E-state index contributed by atoms with van der Waals surface area (Å²) < 4.78 is 13.8. The van der Waals surface area contributed by atoms with Gasteiger partial charge in [0.25, 0.3) is 0 Å². The van der Waals surface area contributed by atoms with Crippen LogP contribution in [-0.2, 0) is 12.2 Å². The summed E-state index contributed by atoms with van der Waals surface area (Å²) in [6.07, 6.45) is 7.70. The Morgan fingerprint density at radius 1 is 1.30 bits per heavy atom. The van der Waals surface area contributed by atoms with E-state index in [1.165, 1.54) is 18.9 Å². The van der Waals surface area contributed by atoms with E-state index >= 15 is 0 Å². The van der Waals surface area contributed by atoms with Crippen LogP contribution in [0.4, 0.5) is 4.39 Å². The first-order valence-corrected chi connectivity index (χ1v) is 8.98. The number of H-pyrrole nitrogens is 2. The van der Waals surface area contributed by atoms with Crippen molar-refractivity contribution in [3.05, 3.63) is 65.5 Å². The summed E-state index contributed by atoms with van der Waals surface area (Å²) in [6, 6.07) is 7.07. The minimum atomic E-state index is -0.931. The Bertz CT molecular complexity index is 1060. The smallest absolute Gasteiger partial charge is 0.197 e. The van der Waals surface area contributed by atoms with Crippen LogP contribution >= 0.6 is 0 Å². The highest BCUT2D eigenvalue weighted by Gasteiger charge is 2.33. The van der Waals surface area contributed by atoms with Crippen molar-refractivity contribution < 1.29 is 4.39 Å². The molecule has 3 aromatic rings. The van der Waals surface area contributed by atoms with E-state index in [1.807, 2.05) is 18.2 Å². The molecule has 0 radical (unpaired) electrons. The van der Waals surface area contributed by atoms with E-state index in [0.29, 0.717) is 23.9 Å². The average molecular weight is 365 g/mol. The zero-order chi connectivity index (χ0) is 18.4. The van der Waals surface area contributed by atoms with Crippen LogP contribution in [0.5, 0.6) is 0 Å². The minimum absolute atomic E-state index is 0.269. The van der Waals surface area contributed by atoms with Crippen molar-refractivity contribution >= 4 is 16.9 Å². The summed E-state index contributed by atoms with van der Waals surface area (Å²) in [7, 11) is 0. The number of rotatable bonds is 4. The Morgan fingerprint density at radius 2 is 2.19 bits per heavy atom. The fraction of sp³-hybridized carbons (Fsp3) is 0.263. The van der Waals surface area contributed by atoms with Gasteiger partial charge in [-0.2, -0.15) is 5.10 Å². The largest absolute Gasteiger partial charge is 0.359 e. The number of guanidine groups is 1. The normalized spacial score (nSPS) is 23.6. The van der Waals surface area contributed by atoms with E-state index in [4.69, 9.17) is 5.73 Å². The lowest BCUT2D eigenvalue weighted by molar-refractivity contribution is 0.483. The first-order chi connectivity index (χ1) is 13.1. The Kier molecular flexibility index (Phi) is 3.54. The number of aromatic nitrogens is 3. The number of nitrogens with one attached hydrogen (secondary N) is 4. The molecular formula is C19H20FN7. The standard InChI is InChI=1S/C19H20FN7/c20-14-4-3-12(13-5-7-22-17(13)14)10-24-18-23-8-6-19(21,25-18)16-9-15(26-27-16)11-1-2-11/h3-9,11,22H,1-2,10,21H2,(H,26,27)(H2,23,24,25). The molecule has 1 fully saturated rings. The molecule has 1 aliphatic carbocycles. The number of halogens is 1. The van der Waals surface area contributed by atoms with E-state index in [1.54, 1.807) is 18.5 Å².